The standard InChI is InChI=1S/C19H26N2O2/c1-15-5-3-4-6-17(15)13-20-14-18(19-8-7-16(2)23-19)21-9-11-22-12-10-21/h3-8,18,20H,9-14H2,1-2H3. The number of benzene rings is 1. The first-order chi connectivity index (χ1) is 11.2. The lowest BCUT2D eigenvalue weighted by Crippen LogP contribution is -2.42. The number of ether oxygens (including phenoxy) is 1. The van der Waals surface area contributed by atoms with Gasteiger partial charge in [0.15, 0.2) is 0 Å². The van der Waals surface area contributed by atoms with E-state index in [9.17, 15) is 0 Å². The van der Waals surface area contributed by atoms with Crippen molar-refractivity contribution in [2.24, 2.45) is 0 Å². The van der Waals surface area contributed by atoms with Crippen LogP contribution in [0.25, 0.3) is 0 Å². The molecule has 4 nitrogen and oxygen atoms in total. The number of aryl methyl sites for hydroxylation is 2. The summed E-state index contributed by atoms with van der Waals surface area (Å²) in [6, 6.07) is 12.9. The summed E-state index contributed by atoms with van der Waals surface area (Å²) in [5, 5.41) is 3.61. The average molecular weight is 314 g/mol. The number of morpholine rings is 1. The predicted molar refractivity (Wildman–Crippen MR) is 91.5 cm³/mol. The minimum absolute atomic E-state index is 0.261. The Morgan fingerprint density at radius 1 is 1.09 bits per heavy atom. The van der Waals surface area contributed by atoms with E-state index in [1.807, 2.05) is 13.0 Å². The third-order valence-electron chi connectivity index (χ3n) is 4.49. The largest absolute Gasteiger partial charge is 0.465 e. The SMILES string of the molecule is Cc1ccc(C(CNCc2ccccc2C)N2CCOCC2)o1. The van der Waals surface area contributed by atoms with Crippen LogP contribution in [-0.4, -0.2) is 37.7 Å². The third-order valence-corrected chi connectivity index (χ3v) is 4.49. The highest BCUT2D eigenvalue weighted by atomic mass is 16.5. The number of hydrogen-bond acceptors (Lipinski definition) is 4. The fraction of sp³-hybridized carbons (Fsp3) is 0.474. The van der Waals surface area contributed by atoms with Gasteiger partial charge in [0.25, 0.3) is 0 Å². The number of rotatable bonds is 6. The van der Waals surface area contributed by atoms with Crippen LogP contribution in [0.4, 0.5) is 0 Å². The lowest BCUT2D eigenvalue weighted by molar-refractivity contribution is 0.0115. The van der Waals surface area contributed by atoms with Crippen molar-refractivity contribution in [3.63, 3.8) is 0 Å². The van der Waals surface area contributed by atoms with Gasteiger partial charge in [-0.2, -0.15) is 0 Å². The first kappa shape index (κ1) is 16.2. The molecule has 1 aromatic carbocycles. The summed E-state index contributed by atoms with van der Waals surface area (Å²) in [5.41, 5.74) is 2.68. The average Bonchev–Trinajstić information content (AvgIpc) is 3.00. The first-order valence-corrected chi connectivity index (χ1v) is 8.37. The number of nitrogens with zero attached hydrogens (tertiary/aromatic N) is 1. The van der Waals surface area contributed by atoms with Crippen LogP contribution >= 0.6 is 0 Å². The second kappa shape index (κ2) is 7.77. The zero-order valence-electron chi connectivity index (χ0n) is 14.0. The van der Waals surface area contributed by atoms with Gasteiger partial charge >= 0.3 is 0 Å². The van der Waals surface area contributed by atoms with E-state index in [-0.39, 0.29) is 6.04 Å². The van der Waals surface area contributed by atoms with Crippen molar-refractivity contribution in [1.29, 1.82) is 0 Å². The molecule has 124 valence electrons. The van der Waals surface area contributed by atoms with Crippen molar-refractivity contribution in [1.82, 2.24) is 10.2 Å². The first-order valence-electron chi connectivity index (χ1n) is 8.37. The summed E-state index contributed by atoms with van der Waals surface area (Å²) < 4.78 is 11.4. The molecule has 0 spiro atoms. The Bertz CT molecular complexity index is 617. The normalized spacial score (nSPS) is 17.3. The molecule has 4 heteroatoms. The Morgan fingerprint density at radius 3 is 2.57 bits per heavy atom. The van der Waals surface area contributed by atoms with Gasteiger partial charge in [-0.05, 0) is 37.1 Å². The van der Waals surface area contributed by atoms with Gasteiger partial charge in [-0.3, -0.25) is 4.90 Å². The van der Waals surface area contributed by atoms with Crippen LogP contribution in [0.5, 0.6) is 0 Å². The molecule has 2 aromatic rings. The van der Waals surface area contributed by atoms with Crippen LogP contribution in [0, 0.1) is 13.8 Å². The molecule has 1 unspecified atom stereocenters. The lowest BCUT2D eigenvalue weighted by Gasteiger charge is -2.33. The summed E-state index contributed by atoms with van der Waals surface area (Å²) in [7, 11) is 0. The Labute approximate surface area is 138 Å². The molecule has 1 aromatic heterocycles. The highest BCUT2D eigenvalue weighted by Crippen LogP contribution is 2.23. The van der Waals surface area contributed by atoms with Gasteiger partial charge in [0.2, 0.25) is 0 Å². The smallest absolute Gasteiger partial charge is 0.122 e. The molecule has 0 bridgehead atoms. The molecule has 0 amide bonds. The van der Waals surface area contributed by atoms with E-state index in [1.165, 1.54) is 11.1 Å². The molecule has 0 aliphatic carbocycles. The maximum atomic E-state index is 5.90. The van der Waals surface area contributed by atoms with Crippen LogP contribution < -0.4 is 5.32 Å². The van der Waals surface area contributed by atoms with Crippen molar-refractivity contribution < 1.29 is 9.15 Å². The van der Waals surface area contributed by atoms with Crippen molar-refractivity contribution in [2.45, 2.75) is 26.4 Å². The molecule has 0 radical (unpaired) electrons. The second-order valence-electron chi connectivity index (χ2n) is 6.17. The van der Waals surface area contributed by atoms with Crippen molar-refractivity contribution in [3.05, 3.63) is 59.0 Å². The van der Waals surface area contributed by atoms with Crippen molar-refractivity contribution in [3.8, 4) is 0 Å². The minimum Gasteiger partial charge on any atom is -0.465 e. The van der Waals surface area contributed by atoms with Gasteiger partial charge in [-0.25, -0.2) is 0 Å². The maximum absolute atomic E-state index is 5.90. The van der Waals surface area contributed by atoms with Gasteiger partial charge in [0.1, 0.15) is 11.5 Å². The molecule has 1 saturated heterocycles. The molecule has 1 aliphatic heterocycles. The van der Waals surface area contributed by atoms with Crippen LogP contribution in [-0.2, 0) is 11.3 Å². The van der Waals surface area contributed by atoms with Crippen molar-refractivity contribution in [2.75, 3.05) is 32.8 Å². The molecule has 1 aliphatic rings. The quantitative estimate of drug-likeness (QED) is 0.889. The minimum atomic E-state index is 0.261. The molecule has 3 rings (SSSR count). The van der Waals surface area contributed by atoms with E-state index in [1.54, 1.807) is 0 Å². The van der Waals surface area contributed by atoms with Crippen LogP contribution in [0.2, 0.25) is 0 Å². The van der Waals surface area contributed by atoms with Gasteiger partial charge in [0, 0.05) is 26.2 Å². The fourth-order valence-electron chi connectivity index (χ4n) is 3.08. The van der Waals surface area contributed by atoms with Crippen LogP contribution in [0.3, 0.4) is 0 Å². The molecular formula is C19H26N2O2. The van der Waals surface area contributed by atoms with E-state index in [0.717, 1.165) is 50.9 Å². The highest BCUT2D eigenvalue weighted by molar-refractivity contribution is 5.25. The van der Waals surface area contributed by atoms with E-state index in [4.69, 9.17) is 9.15 Å². The zero-order chi connectivity index (χ0) is 16.1. The monoisotopic (exact) mass is 314 g/mol. The molecule has 1 atom stereocenters. The van der Waals surface area contributed by atoms with E-state index < -0.39 is 0 Å². The van der Waals surface area contributed by atoms with Crippen LogP contribution in [0.1, 0.15) is 28.7 Å². The molecule has 1 N–H and O–H groups in total. The number of furan rings is 1. The topological polar surface area (TPSA) is 37.6 Å². The number of hydrogen-bond donors (Lipinski definition) is 1. The summed E-state index contributed by atoms with van der Waals surface area (Å²) in [5.74, 6) is 2.01. The summed E-state index contributed by atoms with van der Waals surface area (Å²) in [4.78, 5) is 2.45. The van der Waals surface area contributed by atoms with Gasteiger partial charge in [-0.15, -0.1) is 0 Å². The maximum Gasteiger partial charge on any atom is 0.122 e. The zero-order valence-corrected chi connectivity index (χ0v) is 14.0. The Morgan fingerprint density at radius 2 is 1.87 bits per heavy atom. The summed E-state index contributed by atoms with van der Waals surface area (Å²) in [6.07, 6.45) is 0. The predicted octanol–water partition coefficient (Wildman–Crippen LogP) is 3.06. The molecule has 1 fully saturated rings. The Balaban J connectivity index is 1.65. The third kappa shape index (κ3) is 4.22. The molecule has 0 saturated carbocycles. The highest BCUT2D eigenvalue weighted by Gasteiger charge is 2.24. The summed E-state index contributed by atoms with van der Waals surface area (Å²) in [6.45, 7) is 9.43. The fourth-order valence-corrected chi connectivity index (χ4v) is 3.08. The lowest BCUT2D eigenvalue weighted by atomic mass is 10.1. The number of nitrogens with one attached hydrogen (secondary N) is 1. The van der Waals surface area contributed by atoms with Crippen LogP contribution in [0.15, 0.2) is 40.8 Å². The van der Waals surface area contributed by atoms with E-state index >= 15 is 0 Å². The molecule has 2 heterocycles. The Kier molecular flexibility index (Phi) is 5.49. The van der Waals surface area contributed by atoms with E-state index in [0.29, 0.717) is 0 Å². The Hall–Kier alpha value is -1.62. The van der Waals surface area contributed by atoms with Gasteiger partial charge in [0.05, 0.1) is 19.3 Å². The van der Waals surface area contributed by atoms with Gasteiger partial charge < -0.3 is 14.5 Å². The van der Waals surface area contributed by atoms with Crippen molar-refractivity contribution >= 4 is 0 Å². The van der Waals surface area contributed by atoms with E-state index in [2.05, 4.69) is 47.5 Å². The molecular weight excluding hydrogens is 288 g/mol. The molecule has 23 heavy (non-hydrogen) atoms. The summed E-state index contributed by atoms with van der Waals surface area (Å²) >= 11 is 0. The van der Waals surface area contributed by atoms with Gasteiger partial charge in [-0.1, -0.05) is 24.3 Å². The second-order valence-corrected chi connectivity index (χ2v) is 6.17.